The van der Waals surface area contributed by atoms with Gasteiger partial charge in [0.15, 0.2) is 0 Å². The lowest BCUT2D eigenvalue weighted by molar-refractivity contribution is 0.445. The first-order valence-electron chi connectivity index (χ1n) is 8.66. The fraction of sp³-hybridized carbons (Fsp3) is 0.700. The number of benzene rings is 1. The molecule has 0 saturated heterocycles. The van der Waals surface area contributed by atoms with Gasteiger partial charge in [-0.25, -0.2) is 0 Å². The van der Waals surface area contributed by atoms with E-state index < -0.39 is 0 Å². The summed E-state index contributed by atoms with van der Waals surface area (Å²) in [6, 6.07) is 6.04. The Morgan fingerprint density at radius 1 is 1.05 bits per heavy atom. The van der Waals surface area contributed by atoms with Crippen LogP contribution in [0.4, 0.5) is 0 Å². The number of phenolic OH excluding ortho intramolecular Hbond substituents is 1. The number of hydrogen-bond acceptors (Lipinski definition) is 2. The Labute approximate surface area is 141 Å². The minimum Gasteiger partial charge on any atom is -0.508 e. The van der Waals surface area contributed by atoms with Crippen molar-refractivity contribution in [2.45, 2.75) is 77.5 Å². The topological polar surface area (TPSA) is 20.2 Å². The molecule has 1 N–H and O–H groups in total. The van der Waals surface area contributed by atoms with Crippen LogP contribution in [0.5, 0.6) is 5.75 Å². The van der Waals surface area contributed by atoms with Gasteiger partial charge in [0.25, 0.3) is 0 Å². The molecule has 0 spiro atoms. The summed E-state index contributed by atoms with van der Waals surface area (Å²) in [5.74, 6) is 3.22. The van der Waals surface area contributed by atoms with Crippen molar-refractivity contribution in [1.29, 1.82) is 0 Å². The minimum absolute atomic E-state index is 0.00914. The standard InChI is InChI=1S/C20H34OS/c1-15(2)8-7-9-16(3)12-13-22-17-10-11-19(21)18(14-17)20(4,5)6/h10-11,14-16,21H,7-9,12-13H2,1-6H3. The van der Waals surface area contributed by atoms with Crippen LogP contribution in [0.2, 0.25) is 0 Å². The first-order valence-corrected chi connectivity index (χ1v) is 9.65. The highest BCUT2D eigenvalue weighted by Gasteiger charge is 2.18. The van der Waals surface area contributed by atoms with Crippen LogP contribution in [0.15, 0.2) is 23.1 Å². The third-order valence-corrected chi connectivity index (χ3v) is 5.16. The summed E-state index contributed by atoms with van der Waals surface area (Å²) in [4.78, 5) is 1.28. The first kappa shape index (κ1) is 19.4. The summed E-state index contributed by atoms with van der Waals surface area (Å²) in [5, 5.41) is 10.0. The van der Waals surface area contributed by atoms with E-state index in [9.17, 15) is 5.11 Å². The van der Waals surface area contributed by atoms with Gasteiger partial charge in [0.05, 0.1) is 0 Å². The molecule has 1 nitrogen and oxygen atoms in total. The predicted molar refractivity (Wildman–Crippen MR) is 100 cm³/mol. The van der Waals surface area contributed by atoms with Crippen LogP contribution >= 0.6 is 11.8 Å². The van der Waals surface area contributed by atoms with Crippen molar-refractivity contribution in [1.82, 2.24) is 0 Å². The Morgan fingerprint density at radius 3 is 2.32 bits per heavy atom. The molecule has 1 rings (SSSR count). The summed E-state index contributed by atoms with van der Waals surface area (Å²) in [6.45, 7) is 13.4. The Kier molecular flexibility index (Phi) is 7.82. The van der Waals surface area contributed by atoms with Gasteiger partial charge >= 0.3 is 0 Å². The van der Waals surface area contributed by atoms with Crippen molar-refractivity contribution in [2.75, 3.05) is 5.75 Å². The molecular weight excluding hydrogens is 288 g/mol. The Morgan fingerprint density at radius 2 is 1.73 bits per heavy atom. The lowest BCUT2D eigenvalue weighted by Crippen LogP contribution is -2.11. The van der Waals surface area contributed by atoms with E-state index in [0.717, 1.165) is 23.2 Å². The zero-order valence-electron chi connectivity index (χ0n) is 15.3. The Balaban J connectivity index is 2.42. The third-order valence-electron chi connectivity index (χ3n) is 4.13. The van der Waals surface area contributed by atoms with E-state index in [0.29, 0.717) is 5.75 Å². The molecule has 0 fully saturated rings. The molecule has 1 unspecified atom stereocenters. The fourth-order valence-corrected chi connectivity index (χ4v) is 3.72. The number of hydrogen-bond donors (Lipinski definition) is 1. The van der Waals surface area contributed by atoms with E-state index in [1.807, 2.05) is 23.9 Å². The summed E-state index contributed by atoms with van der Waals surface area (Å²) in [5.41, 5.74) is 1.03. The smallest absolute Gasteiger partial charge is 0.119 e. The van der Waals surface area contributed by atoms with Crippen LogP contribution in [0.25, 0.3) is 0 Å². The maximum absolute atomic E-state index is 10.0. The second-order valence-corrected chi connectivity index (χ2v) is 9.16. The maximum atomic E-state index is 10.0. The molecule has 0 aliphatic heterocycles. The second-order valence-electron chi connectivity index (χ2n) is 8.00. The van der Waals surface area contributed by atoms with E-state index in [2.05, 4.69) is 47.6 Å². The molecule has 1 aromatic carbocycles. The van der Waals surface area contributed by atoms with Crippen molar-refractivity contribution < 1.29 is 5.11 Å². The van der Waals surface area contributed by atoms with E-state index in [1.165, 1.54) is 30.6 Å². The molecule has 0 bridgehead atoms. The average molecular weight is 323 g/mol. The molecule has 1 aromatic rings. The fourth-order valence-electron chi connectivity index (χ4n) is 2.60. The molecule has 1 atom stereocenters. The number of aromatic hydroxyl groups is 1. The Bertz CT molecular complexity index is 446. The molecule has 0 aliphatic rings. The van der Waals surface area contributed by atoms with Crippen molar-refractivity contribution in [3.05, 3.63) is 23.8 Å². The molecule has 0 aliphatic carbocycles. The van der Waals surface area contributed by atoms with Gasteiger partial charge in [-0.3, -0.25) is 0 Å². The highest BCUT2D eigenvalue weighted by atomic mass is 32.2. The zero-order chi connectivity index (χ0) is 16.8. The molecule has 0 saturated carbocycles. The van der Waals surface area contributed by atoms with Crippen LogP contribution in [0.1, 0.15) is 72.8 Å². The van der Waals surface area contributed by atoms with Gasteiger partial charge in [-0.05, 0) is 47.6 Å². The van der Waals surface area contributed by atoms with Crippen molar-refractivity contribution in [3.63, 3.8) is 0 Å². The third kappa shape index (κ3) is 7.09. The number of phenols is 1. The molecule has 0 amide bonds. The summed E-state index contributed by atoms with van der Waals surface area (Å²) >= 11 is 1.92. The van der Waals surface area contributed by atoms with E-state index >= 15 is 0 Å². The summed E-state index contributed by atoms with van der Waals surface area (Å²) in [6.07, 6.45) is 5.33. The largest absolute Gasteiger partial charge is 0.508 e. The molecule has 2 heteroatoms. The number of thioether (sulfide) groups is 1. The lowest BCUT2D eigenvalue weighted by atomic mass is 9.86. The molecular formula is C20H34OS. The average Bonchev–Trinajstić information content (AvgIpc) is 2.39. The molecule has 0 heterocycles. The van der Waals surface area contributed by atoms with Crippen LogP contribution in [-0.2, 0) is 5.41 Å². The highest BCUT2D eigenvalue weighted by Crippen LogP contribution is 2.34. The van der Waals surface area contributed by atoms with Gasteiger partial charge in [0.2, 0.25) is 0 Å². The number of rotatable bonds is 8. The van der Waals surface area contributed by atoms with Crippen molar-refractivity contribution >= 4 is 11.8 Å². The van der Waals surface area contributed by atoms with Gasteiger partial charge in [0, 0.05) is 10.5 Å². The highest BCUT2D eigenvalue weighted by molar-refractivity contribution is 7.99. The predicted octanol–water partition coefficient (Wildman–Crippen LogP) is 6.63. The van der Waals surface area contributed by atoms with Crippen LogP contribution in [0, 0.1) is 11.8 Å². The SMILES string of the molecule is CC(C)CCCC(C)CCSc1ccc(O)c(C(C)(C)C)c1. The molecule has 0 radical (unpaired) electrons. The van der Waals surface area contributed by atoms with E-state index in [-0.39, 0.29) is 5.41 Å². The second kappa shape index (κ2) is 8.86. The molecule has 22 heavy (non-hydrogen) atoms. The molecule has 126 valence electrons. The van der Waals surface area contributed by atoms with Gasteiger partial charge in [-0.1, -0.05) is 60.8 Å². The maximum Gasteiger partial charge on any atom is 0.119 e. The minimum atomic E-state index is -0.00914. The van der Waals surface area contributed by atoms with Crippen molar-refractivity contribution in [3.8, 4) is 5.75 Å². The van der Waals surface area contributed by atoms with Gasteiger partial charge in [0.1, 0.15) is 5.75 Å². The van der Waals surface area contributed by atoms with Gasteiger partial charge in [-0.15, -0.1) is 11.8 Å². The van der Waals surface area contributed by atoms with Gasteiger partial charge < -0.3 is 5.11 Å². The first-order chi connectivity index (χ1) is 10.2. The monoisotopic (exact) mass is 322 g/mol. The lowest BCUT2D eigenvalue weighted by Gasteiger charge is -2.21. The Hall–Kier alpha value is -0.630. The van der Waals surface area contributed by atoms with E-state index in [1.54, 1.807) is 0 Å². The van der Waals surface area contributed by atoms with Crippen LogP contribution in [-0.4, -0.2) is 10.9 Å². The molecule has 0 aromatic heterocycles. The van der Waals surface area contributed by atoms with Crippen molar-refractivity contribution in [2.24, 2.45) is 11.8 Å². The quantitative estimate of drug-likeness (QED) is 0.542. The van der Waals surface area contributed by atoms with Crippen LogP contribution in [0.3, 0.4) is 0 Å². The summed E-state index contributed by atoms with van der Waals surface area (Å²) in [7, 11) is 0. The van der Waals surface area contributed by atoms with E-state index in [4.69, 9.17) is 0 Å². The van der Waals surface area contributed by atoms with Crippen LogP contribution < -0.4 is 0 Å². The zero-order valence-corrected chi connectivity index (χ0v) is 16.1. The normalized spacial score (nSPS) is 13.6. The summed E-state index contributed by atoms with van der Waals surface area (Å²) < 4.78 is 0. The van der Waals surface area contributed by atoms with Gasteiger partial charge in [-0.2, -0.15) is 0 Å².